The summed E-state index contributed by atoms with van der Waals surface area (Å²) in [7, 11) is 0. The van der Waals surface area contributed by atoms with Crippen molar-refractivity contribution < 1.29 is 74.9 Å². The molecule has 0 radical (unpaired) electrons. The molecule has 0 unspecified atom stereocenters. The molecule has 7 aromatic carbocycles. The first-order valence-corrected chi connectivity index (χ1v) is 28.1. The van der Waals surface area contributed by atoms with Crippen molar-refractivity contribution in [1.82, 2.24) is 0 Å². The summed E-state index contributed by atoms with van der Waals surface area (Å²) in [4.78, 5) is 118. The first kappa shape index (κ1) is 54.9. The quantitative estimate of drug-likeness (QED) is 0.0252. The van der Waals surface area contributed by atoms with Crippen LogP contribution in [0, 0.1) is 23.3 Å². The number of hydrogen-bond acceptors (Lipinski definition) is 14. The highest BCUT2D eigenvalue weighted by Crippen LogP contribution is 2.61. The molecule has 0 saturated heterocycles. The van der Waals surface area contributed by atoms with Gasteiger partial charge < -0.3 is 18.9 Å². The van der Waals surface area contributed by atoms with Gasteiger partial charge in [-0.05, 0) is 93.1 Å². The summed E-state index contributed by atoms with van der Waals surface area (Å²) in [5, 5.41) is 0. The Hall–Kier alpha value is -10.3. The smallest absolute Gasteiger partial charge is 0.333 e. The fraction of sp³-hybridized carbons (Fsp3) is 0.0882. The van der Waals surface area contributed by atoms with Crippen molar-refractivity contribution in [2.45, 2.75) is 37.3 Å². The Bertz CT molecular complexity index is 4110. The summed E-state index contributed by atoms with van der Waals surface area (Å²) in [6.07, 6.45) is 2.42. The van der Waals surface area contributed by atoms with Crippen molar-refractivity contribution in [3.8, 4) is 20.9 Å². The molecule has 0 bridgehead atoms. The fourth-order valence-corrected chi connectivity index (χ4v) is 13.9. The van der Waals surface area contributed by atoms with Crippen molar-refractivity contribution in [3.63, 3.8) is 0 Å². The molecule has 4 aliphatic carbocycles. The Labute approximate surface area is 493 Å². The number of ketones is 4. The van der Waals surface area contributed by atoms with Crippen LogP contribution >= 0.6 is 22.7 Å². The summed E-state index contributed by atoms with van der Waals surface area (Å²) in [6, 6.07) is 42.5. The van der Waals surface area contributed by atoms with Crippen LogP contribution in [-0.2, 0) is 85.0 Å². The SMILES string of the molecule is O=C1C(=O)c2c(F)cc(F)cc2/C1=C/c1cc2c(s1)-c1cc3c(cc1C2(C(=O)OCc1ccccc1)C(=O)OCc1ccccc1)-c1sc(/C=C2\C(=O)C(=O)c4c(F)cc(F)cc42)cc1C3(C(=O)OCc1ccccc1)C(=O)OCc1ccccc1. The zero-order valence-electron chi connectivity index (χ0n) is 44.4. The van der Waals surface area contributed by atoms with Crippen LogP contribution in [0.15, 0.2) is 170 Å². The molecule has 18 heteroatoms. The minimum absolute atomic E-state index is 0.0670. The predicted molar refractivity (Wildman–Crippen MR) is 307 cm³/mol. The monoisotopic (exact) mass is 1190 g/mol. The summed E-state index contributed by atoms with van der Waals surface area (Å²) >= 11 is 1.78. The van der Waals surface area contributed by atoms with Crippen LogP contribution in [-0.4, -0.2) is 47.0 Å². The lowest BCUT2D eigenvalue weighted by molar-refractivity contribution is -0.166. The van der Waals surface area contributed by atoms with Crippen molar-refractivity contribution in [1.29, 1.82) is 0 Å². The zero-order chi connectivity index (χ0) is 59.8. The number of ether oxygens (including phenoxy) is 4. The van der Waals surface area contributed by atoms with Gasteiger partial charge in [0, 0.05) is 65.0 Å². The molecule has 0 N–H and O–H groups in total. The number of benzene rings is 7. The molecule has 0 aliphatic heterocycles. The standard InChI is InChI=1S/C68H38F4O12S2/c69-39-21-43-45(57(73)59(75)55(43)53(71)23-39)25-41-27-51-61(85-41)47-30-50-48(29-49(47)67(51,63(77)81-31-35-13-5-1-6-14-35)64(78)82-32-36-15-7-2-8-16-36)62-52(28-42(86-62)26-46-44-22-40(70)24-54(72)56(44)60(76)58(46)74)68(50,65(79)83-33-37-17-9-3-10-18-37)66(80)84-34-38-19-11-4-12-20-38/h1-30H,31-34H2/b45-25-,46-26-. The third kappa shape index (κ3) is 8.86. The van der Waals surface area contributed by atoms with E-state index >= 15 is 28.0 Å². The fourth-order valence-electron chi connectivity index (χ4n) is 11.5. The second kappa shape index (κ2) is 21.4. The molecular weight excluding hydrogens is 1150 g/mol. The van der Waals surface area contributed by atoms with Crippen LogP contribution in [0.3, 0.4) is 0 Å². The largest absolute Gasteiger partial charge is 0.459 e. The lowest BCUT2D eigenvalue weighted by atomic mass is 9.75. The van der Waals surface area contributed by atoms with Gasteiger partial charge in [-0.1, -0.05) is 121 Å². The maximum Gasteiger partial charge on any atom is 0.333 e. The summed E-state index contributed by atoms with van der Waals surface area (Å²) < 4.78 is 84.9. The molecule has 422 valence electrons. The molecule has 86 heavy (non-hydrogen) atoms. The van der Waals surface area contributed by atoms with Crippen LogP contribution in [0.4, 0.5) is 17.6 Å². The average Bonchev–Trinajstić information content (AvgIpc) is 1.54. The Morgan fingerprint density at radius 3 is 0.977 bits per heavy atom. The lowest BCUT2D eigenvalue weighted by Gasteiger charge is -2.29. The van der Waals surface area contributed by atoms with Crippen LogP contribution in [0.2, 0.25) is 0 Å². The molecular formula is C68H38F4O12S2. The Kier molecular flexibility index (Phi) is 13.7. The highest BCUT2D eigenvalue weighted by molar-refractivity contribution is 7.17. The molecule has 2 heterocycles. The van der Waals surface area contributed by atoms with E-state index in [0.717, 1.165) is 34.8 Å². The van der Waals surface area contributed by atoms with Gasteiger partial charge in [-0.3, -0.25) is 38.4 Å². The number of fused-ring (bicyclic) bond motifs is 8. The molecule has 9 aromatic rings. The number of carbonyl (C=O) groups is 8. The number of allylic oxidation sites excluding steroid dienone is 2. The van der Waals surface area contributed by atoms with Gasteiger partial charge in [0.05, 0.1) is 11.1 Å². The van der Waals surface area contributed by atoms with Gasteiger partial charge in [0.1, 0.15) is 49.7 Å². The molecule has 0 spiro atoms. The van der Waals surface area contributed by atoms with E-state index in [1.165, 1.54) is 36.4 Å². The number of Topliss-reactive ketones (excluding diaryl/α,β-unsaturated/α-hetero) is 4. The van der Waals surface area contributed by atoms with Crippen molar-refractivity contribution >= 4 is 93.0 Å². The topological polar surface area (TPSA) is 173 Å². The number of esters is 4. The number of thiophene rings is 2. The van der Waals surface area contributed by atoms with Gasteiger partial charge >= 0.3 is 23.9 Å². The van der Waals surface area contributed by atoms with E-state index in [1.807, 2.05) is 0 Å². The molecule has 0 atom stereocenters. The summed E-state index contributed by atoms with van der Waals surface area (Å²) in [6.45, 7) is -1.49. The number of hydrogen-bond donors (Lipinski definition) is 0. The van der Waals surface area contributed by atoms with E-state index in [9.17, 15) is 28.0 Å². The third-order valence-corrected chi connectivity index (χ3v) is 17.7. The minimum Gasteiger partial charge on any atom is -0.459 e. The van der Waals surface area contributed by atoms with Gasteiger partial charge in [-0.2, -0.15) is 0 Å². The van der Waals surface area contributed by atoms with E-state index < -0.39 is 92.2 Å². The molecule has 2 aromatic heterocycles. The molecule has 0 fully saturated rings. The van der Waals surface area contributed by atoms with Crippen molar-refractivity contribution in [2.75, 3.05) is 0 Å². The highest BCUT2D eigenvalue weighted by atomic mass is 32.1. The van der Waals surface area contributed by atoms with Crippen molar-refractivity contribution in [2.24, 2.45) is 0 Å². The molecule has 13 rings (SSSR count). The van der Waals surface area contributed by atoms with E-state index in [4.69, 9.17) is 18.9 Å². The number of rotatable bonds is 14. The van der Waals surface area contributed by atoms with Gasteiger partial charge in [0.25, 0.3) is 0 Å². The van der Waals surface area contributed by atoms with Gasteiger partial charge in [0.15, 0.2) is 0 Å². The molecule has 4 aliphatic rings. The second-order valence-corrected chi connectivity index (χ2v) is 22.7. The molecule has 0 amide bonds. The third-order valence-electron chi connectivity index (χ3n) is 15.5. The van der Waals surface area contributed by atoms with E-state index in [1.54, 1.807) is 121 Å². The van der Waals surface area contributed by atoms with Crippen LogP contribution in [0.1, 0.15) is 86.1 Å². The van der Waals surface area contributed by atoms with E-state index in [2.05, 4.69) is 0 Å². The Balaban J connectivity index is 1.07. The van der Waals surface area contributed by atoms with Crippen LogP contribution < -0.4 is 0 Å². The normalized spacial score (nSPS) is 15.4. The first-order chi connectivity index (χ1) is 41.6. The van der Waals surface area contributed by atoms with Crippen molar-refractivity contribution in [3.05, 3.63) is 270 Å². The molecule has 0 saturated carbocycles. The van der Waals surface area contributed by atoms with Crippen LogP contribution in [0.25, 0.3) is 44.2 Å². The van der Waals surface area contributed by atoms with Gasteiger partial charge in [-0.15, -0.1) is 22.7 Å². The number of halogens is 4. The van der Waals surface area contributed by atoms with Gasteiger partial charge in [0.2, 0.25) is 34.0 Å². The minimum atomic E-state index is -2.61. The zero-order valence-corrected chi connectivity index (χ0v) is 46.0. The summed E-state index contributed by atoms with van der Waals surface area (Å²) in [5.41, 5.74) is -6.02. The summed E-state index contributed by atoms with van der Waals surface area (Å²) in [5.74, 6) is -14.1. The Morgan fingerprint density at radius 1 is 0.372 bits per heavy atom. The maximum absolute atomic E-state index is 15.8. The number of carbonyl (C=O) groups excluding carboxylic acids is 8. The Morgan fingerprint density at radius 2 is 0.674 bits per heavy atom. The molecule has 12 nitrogen and oxygen atoms in total. The maximum atomic E-state index is 15.8. The highest BCUT2D eigenvalue weighted by Gasteiger charge is 2.63. The second-order valence-electron chi connectivity index (χ2n) is 20.5. The predicted octanol–water partition coefficient (Wildman–Crippen LogP) is 12.5. The van der Waals surface area contributed by atoms with Gasteiger partial charge in [-0.25, -0.2) is 17.6 Å². The lowest BCUT2D eigenvalue weighted by Crippen LogP contribution is -2.46. The van der Waals surface area contributed by atoms with E-state index in [-0.39, 0.29) is 102 Å². The first-order valence-electron chi connectivity index (χ1n) is 26.5. The van der Waals surface area contributed by atoms with Crippen LogP contribution in [0.5, 0.6) is 0 Å². The average molecular weight is 1190 g/mol. The van der Waals surface area contributed by atoms with E-state index in [0.29, 0.717) is 34.4 Å².